The van der Waals surface area contributed by atoms with Crippen LogP contribution in [0.5, 0.6) is 0 Å². The second kappa shape index (κ2) is 5.51. The van der Waals surface area contributed by atoms with Crippen LogP contribution in [0.3, 0.4) is 0 Å². The number of benzene rings is 2. The molecule has 0 spiro atoms. The monoisotopic (exact) mass is 235 g/mol. The number of hydrogen-bond acceptors (Lipinski definition) is 1. The van der Waals surface area contributed by atoms with Gasteiger partial charge in [0.15, 0.2) is 0 Å². The molecular weight excluding hydrogens is 218 g/mol. The molecule has 0 aliphatic carbocycles. The molecule has 1 heteroatoms. The molecule has 0 aromatic heterocycles. The van der Waals surface area contributed by atoms with E-state index in [1.165, 1.54) is 16.7 Å². The van der Waals surface area contributed by atoms with Crippen LogP contribution in [-0.2, 0) is 6.42 Å². The normalized spacial score (nSPS) is 11.8. The molecule has 0 bridgehead atoms. The predicted molar refractivity (Wildman–Crippen MR) is 74.4 cm³/mol. The van der Waals surface area contributed by atoms with Gasteiger partial charge in [0.05, 0.1) is 12.0 Å². The van der Waals surface area contributed by atoms with Crippen molar-refractivity contribution in [2.45, 2.75) is 26.2 Å². The smallest absolute Gasteiger partial charge is 0.0753 e. The second-order valence-electron chi connectivity index (χ2n) is 4.72. The molecule has 0 saturated carbocycles. The summed E-state index contributed by atoms with van der Waals surface area (Å²) < 4.78 is 0. The Morgan fingerprint density at radius 3 is 2.28 bits per heavy atom. The molecular formula is C17H17N. The van der Waals surface area contributed by atoms with E-state index in [2.05, 4.69) is 56.3 Å². The van der Waals surface area contributed by atoms with Crippen LogP contribution in [0.15, 0.2) is 48.5 Å². The summed E-state index contributed by atoms with van der Waals surface area (Å²) in [7, 11) is 0. The van der Waals surface area contributed by atoms with Gasteiger partial charge in [-0.2, -0.15) is 5.26 Å². The molecule has 0 heterocycles. The minimum atomic E-state index is -0.0632. The lowest BCUT2D eigenvalue weighted by molar-refractivity contribution is 0.842. The predicted octanol–water partition coefficient (Wildman–Crippen LogP) is 4.15. The fraction of sp³-hybridized carbons (Fsp3) is 0.235. The molecule has 90 valence electrons. The highest BCUT2D eigenvalue weighted by Gasteiger charge is 2.12. The maximum atomic E-state index is 9.35. The molecule has 0 amide bonds. The zero-order valence-corrected chi connectivity index (χ0v) is 10.9. The van der Waals surface area contributed by atoms with Gasteiger partial charge in [-0.25, -0.2) is 0 Å². The lowest BCUT2D eigenvalue weighted by Crippen LogP contribution is -2.02. The van der Waals surface area contributed by atoms with Crippen molar-refractivity contribution in [3.63, 3.8) is 0 Å². The molecule has 2 rings (SSSR count). The maximum Gasteiger partial charge on any atom is 0.0753 e. The zero-order valence-electron chi connectivity index (χ0n) is 10.9. The highest BCUT2D eigenvalue weighted by molar-refractivity contribution is 5.33. The first kappa shape index (κ1) is 12.4. The Bertz CT molecular complexity index is 561. The van der Waals surface area contributed by atoms with Crippen molar-refractivity contribution < 1.29 is 0 Å². The Kier molecular flexibility index (Phi) is 3.79. The molecule has 1 nitrogen and oxygen atoms in total. The number of rotatable bonds is 3. The molecule has 0 aliphatic rings. The first-order valence-corrected chi connectivity index (χ1v) is 6.21. The van der Waals surface area contributed by atoms with Crippen LogP contribution in [0.4, 0.5) is 0 Å². The van der Waals surface area contributed by atoms with Gasteiger partial charge in [0, 0.05) is 0 Å². The van der Waals surface area contributed by atoms with Gasteiger partial charge < -0.3 is 0 Å². The molecule has 0 N–H and O–H groups in total. The summed E-state index contributed by atoms with van der Waals surface area (Å²) in [6, 6.07) is 18.9. The van der Waals surface area contributed by atoms with Crippen LogP contribution in [0.2, 0.25) is 0 Å². The largest absolute Gasteiger partial charge is 0.198 e. The number of nitriles is 1. The third-order valence-electron chi connectivity index (χ3n) is 3.32. The topological polar surface area (TPSA) is 23.8 Å². The Labute approximate surface area is 109 Å². The van der Waals surface area contributed by atoms with Gasteiger partial charge in [-0.05, 0) is 37.0 Å². The Morgan fingerprint density at radius 2 is 1.67 bits per heavy atom. The van der Waals surface area contributed by atoms with Crippen LogP contribution >= 0.6 is 0 Å². The van der Waals surface area contributed by atoms with Gasteiger partial charge in [0.25, 0.3) is 0 Å². The van der Waals surface area contributed by atoms with E-state index in [0.717, 1.165) is 12.0 Å². The first-order chi connectivity index (χ1) is 8.70. The Morgan fingerprint density at radius 1 is 1.00 bits per heavy atom. The van der Waals surface area contributed by atoms with Crippen molar-refractivity contribution in [3.05, 3.63) is 70.8 Å². The minimum absolute atomic E-state index is 0.0632. The molecule has 0 radical (unpaired) electrons. The van der Waals surface area contributed by atoms with Crippen molar-refractivity contribution in [1.29, 1.82) is 5.26 Å². The summed E-state index contributed by atoms with van der Waals surface area (Å²) >= 11 is 0. The van der Waals surface area contributed by atoms with Crippen LogP contribution in [0, 0.1) is 25.2 Å². The lowest BCUT2D eigenvalue weighted by atomic mass is 9.91. The first-order valence-electron chi connectivity index (χ1n) is 6.21. The van der Waals surface area contributed by atoms with Crippen LogP contribution < -0.4 is 0 Å². The van der Waals surface area contributed by atoms with Gasteiger partial charge >= 0.3 is 0 Å². The van der Waals surface area contributed by atoms with Gasteiger partial charge in [0.1, 0.15) is 0 Å². The molecule has 18 heavy (non-hydrogen) atoms. The Balaban J connectivity index is 2.23. The van der Waals surface area contributed by atoms with Gasteiger partial charge in [0.2, 0.25) is 0 Å². The number of aryl methyl sites for hydroxylation is 2. The summed E-state index contributed by atoms with van der Waals surface area (Å²) in [4.78, 5) is 0. The lowest BCUT2D eigenvalue weighted by Gasteiger charge is -2.11. The van der Waals surface area contributed by atoms with E-state index < -0.39 is 0 Å². The molecule has 2 aromatic rings. The molecule has 0 aliphatic heterocycles. The van der Waals surface area contributed by atoms with E-state index in [1.54, 1.807) is 0 Å². The van der Waals surface area contributed by atoms with E-state index in [4.69, 9.17) is 0 Å². The average Bonchev–Trinajstić information content (AvgIpc) is 2.39. The van der Waals surface area contributed by atoms with Crippen molar-refractivity contribution >= 4 is 0 Å². The highest BCUT2D eigenvalue weighted by atomic mass is 14.3. The second-order valence-corrected chi connectivity index (χ2v) is 4.72. The Hall–Kier alpha value is -2.07. The van der Waals surface area contributed by atoms with Crippen LogP contribution in [-0.4, -0.2) is 0 Å². The summed E-state index contributed by atoms with van der Waals surface area (Å²) in [5, 5.41) is 9.35. The third-order valence-corrected chi connectivity index (χ3v) is 3.32. The van der Waals surface area contributed by atoms with E-state index in [9.17, 15) is 5.26 Å². The standard InChI is InChI=1S/C17H17N/c1-13-7-9-15(10-8-13)17(12-18)11-16-6-4-3-5-14(16)2/h3-10,17H,11H2,1-2H3. The van der Waals surface area contributed by atoms with E-state index in [1.807, 2.05) is 12.1 Å². The highest BCUT2D eigenvalue weighted by Crippen LogP contribution is 2.22. The van der Waals surface area contributed by atoms with Crippen LogP contribution in [0.1, 0.15) is 28.2 Å². The van der Waals surface area contributed by atoms with E-state index >= 15 is 0 Å². The van der Waals surface area contributed by atoms with Gasteiger partial charge in [-0.3, -0.25) is 0 Å². The summed E-state index contributed by atoms with van der Waals surface area (Å²) in [5.41, 5.74) is 4.84. The SMILES string of the molecule is Cc1ccc(C(C#N)Cc2ccccc2C)cc1. The number of hydrogen-bond donors (Lipinski definition) is 0. The summed E-state index contributed by atoms with van der Waals surface area (Å²) in [5.74, 6) is -0.0632. The fourth-order valence-electron chi connectivity index (χ4n) is 2.10. The quantitative estimate of drug-likeness (QED) is 0.784. The third kappa shape index (κ3) is 2.78. The van der Waals surface area contributed by atoms with E-state index in [-0.39, 0.29) is 5.92 Å². The van der Waals surface area contributed by atoms with Crippen molar-refractivity contribution in [1.82, 2.24) is 0 Å². The maximum absolute atomic E-state index is 9.35. The van der Waals surface area contributed by atoms with Crippen molar-refractivity contribution in [3.8, 4) is 6.07 Å². The van der Waals surface area contributed by atoms with Crippen molar-refractivity contribution in [2.75, 3.05) is 0 Å². The molecule has 2 aromatic carbocycles. The summed E-state index contributed by atoms with van der Waals surface area (Å²) in [6.07, 6.45) is 0.784. The zero-order chi connectivity index (χ0) is 13.0. The molecule has 1 atom stereocenters. The van der Waals surface area contributed by atoms with E-state index in [0.29, 0.717) is 0 Å². The minimum Gasteiger partial charge on any atom is -0.198 e. The molecule has 1 unspecified atom stereocenters. The van der Waals surface area contributed by atoms with Crippen molar-refractivity contribution in [2.24, 2.45) is 0 Å². The number of nitrogens with zero attached hydrogens (tertiary/aromatic N) is 1. The van der Waals surface area contributed by atoms with Crippen LogP contribution in [0.25, 0.3) is 0 Å². The average molecular weight is 235 g/mol. The van der Waals surface area contributed by atoms with Gasteiger partial charge in [-0.1, -0.05) is 54.1 Å². The fourth-order valence-corrected chi connectivity index (χ4v) is 2.10. The molecule has 0 saturated heterocycles. The molecule has 0 fully saturated rings. The van der Waals surface area contributed by atoms with Gasteiger partial charge in [-0.15, -0.1) is 0 Å². The summed E-state index contributed by atoms with van der Waals surface area (Å²) in [6.45, 7) is 4.16.